The Balaban J connectivity index is 1.74. The summed E-state index contributed by atoms with van der Waals surface area (Å²) in [4.78, 5) is 37.2. The van der Waals surface area contributed by atoms with E-state index in [1.807, 2.05) is 26.0 Å². The van der Waals surface area contributed by atoms with Gasteiger partial charge >= 0.3 is 5.97 Å². The molecule has 3 rings (SSSR count). The normalized spacial score (nSPS) is 15.7. The number of carbonyl (C=O) groups is 3. The molecule has 6 nitrogen and oxygen atoms in total. The fourth-order valence-electron chi connectivity index (χ4n) is 2.87. The minimum absolute atomic E-state index is 0.259. The third-order valence-corrected chi connectivity index (χ3v) is 4.28. The van der Waals surface area contributed by atoms with E-state index in [-0.39, 0.29) is 5.91 Å². The largest absolute Gasteiger partial charge is 0.448 e. The van der Waals surface area contributed by atoms with Crippen molar-refractivity contribution in [2.75, 3.05) is 11.9 Å². The zero-order valence-electron chi connectivity index (χ0n) is 15.3. The number of hydrogen-bond acceptors (Lipinski definition) is 4. The SMILES string of the molecule is CC(C)CNC(=O)c1ccccc1NC(=O)C1Cc2ccccc2C(=O)O1. The first-order valence-electron chi connectivity index (χ1n) is 8.92. The van der Waals surface area contributed by atoms with Crippen LogP contribution in [0.15, 0.2) is 48.5 Å². The molecule has 2 N–H and O–H groups in total. The number of ether oxygens (including phenoxy) is 1. The van der Waals surface area contributed by atoms with Gasteiger partial charge in [-0.15, -0.1) is 0 Å². The molecule has 2 aromatic carbocycles. The van der Waals surface area contributed by atoms with Crippen LogP contribution >= 0.6 is 0 Å². The van der Waals surface area contributed by atoms with Gasteiger partial charge in [-0.25, -0.2) is 4.79 Å². The standard InChI is InChI=1S/C21H22N2O4/c1-13(2)12-22-19(24)16-9-5-6-10-17(16)23-20(25)18-11-14-7-3-4-8-15(14)21(26)27-18/h3-10,13,18H,11-12H2,1-2H3,(H,22,24)(H,23,25). The molecule has 1 atom stereocenters. The van der Waals surface area contributed by atoms with Crippen molar-refractivity contribution in [2.45, 2.75) is 26.4 Å². The maximum Gasteiger partial charge on any atom is 0.339 e. The number of fused-ring (bicyclic) bond motifs is 1. The second-order valence-corrected chi connectivity index (χ2v) is 6.89. The van der Waals surface area contributed by atoms with Gasteiger partial charge in [0.15, 0.2) is 6.10 Å². The van der Waals surface area contributed by atoms with E-state index >= 15 is 0 Å². The highest BCUT2D eigenvalue weighted by atomic mass is 16.5. The number of hydrogen-bond donors (Lipinski definition) is 2. The van der Waals surface area contributed by atoms with Crippen LogP contribution in [0, 0.1) is 5.92 Å². The third-order valence-electron chi connectivity index (χ3n) is 4.28. The summed E-state index contributed by atoms with van der Waals surface area (Å²) in [5.41, 5.74) is 2.01. The van der Waals surface area contributed by atoms with Crippen LogP contribution in [-0.2, 0) is 16.0 Å². The van der Waals surface area contributed by atoms with Gasteiger partial charge in [0.2, 0.25) is 0 Å². The van der Waals surface area contributed by atoms with E-state index in [0.29, 0.717) is 35.7 Å². The van der Waals surface area contributed by atoms with Crippen molar-refractivity contribution in [2.24, 2.45) is 5.92 Å². The van der Waals surface area contributed by atoms with Crippen molar-refractivity contribution in [3.63, 3.8) is 0 Å². The number of nitrogens with one attached hydrogen (secondary N) is 2. The molecule has 2 amide bonds. The first kappa shape index (κ1) is 18.6. The molecule has 0 fully saturated rings. The first-order chi connectivity index (χ1) is 13.0. The van der Waals surface area contributed by atoms with Crippen LogP contribution in [0.25, 0.3) is 0 Å². The summed E-state index contributed by atoms with van der Waals surface area (Å²) in [6, 6.07) is 13.8. The number of esters is 1. The smallest absolute Gasteiger partial charge is 0.339 e. The van der Waals surface area contributed by atoms with Crippen LogP contribution in [0.5, 0.6) is 0 Å². The Hall–Kier alpha value is -3.15. The quantitative estimate of drug-likeness (QED) is 0.797. The van der Waals surface area contributed by atoms with Crippen LogP contribution in [0.4, 0.5) is 5.69 Å². The van der Waals surface area contributed by atoms with E-state index in [0.717, 1.165) is 5.56 Å². The summed E-state index contributed by atoms with van der Waals surface area (Å²) in [5.74, 6) is -0.912. The third kappa shape index (κ3) is 4.34. The van der Waals surface area contributed by atoms with E-state index < -0.39 is 18.0 Å². The van der Waals surface area contributed by atoms with Crippen LogP contribution in [0.3, 0.4) is 0 Å². The van der Waals surface area contributed by atoms with E-state index in [2.05, 4.69) is 10.6 Å². The Morgan fingerprint density at radius 3 is 2.59 bits per heavy atom. The lowest BCUT2D eigenvalue weighted by atomic mass is 9.98. The minimum atomic E-state index is -0.931. The number of carbonyl (C=O) groups excluding carboxylic acids is 3. The number of anilines is 1. The van der Waals surface area contributed by atoms with E-state index in [9.17, 15) is 14.4 Å². The maximum atomic E-state index is 12.6. The van der Waals surface area contributed by atoms with Gasteiger partial charge in [0.05, 0.1) is 16.8 Å². The highest BCUT2D eigenvalue weighted by Crippen LogP contribution is 2.22. The molecule has 0 saturated carbocycles. The molecular formula is C21H22N2O4. The number of para-hydroxylation sites is 1. The van der Waals surface area contributed by atoms with Crippen LogP contribution < -0.4 is 10.6 Å². The van der Waals surface area contributed by atoms with E-state index in [1.54, 1.807) is 36.4 Å². The van der Waals surface area contributed by atoms with Gasteiger partial charge in [-0.3, -0.25) is 9.59 Å². The molecule has 0 spiro atoms. The van der Waals surface area contributed by atoms with E-state index in [1.165, 1.54) is 0 Å². The molecule has 6 heteroatoms. The van der Waals surface area contributed by atoms with Gasteiger partial charge in [0.25, 0.3) is 11.8 Å². The second-order valence-electron chi connectivity index (χ2n) is 6.89. The van der Waals surface area contributed by atoms with Crippen molar-refractivity contribution >= 4 is 23.5 Å². The lowest BCUT2D eigenvalue weighted by Crippen LogP contribution is -2.38. The topological polar surface area (TPSA) is 84.5 Å². The molecular weight excluding hydrogens is 344 g/mol. The molecule has 1 heterocycles. The summed E-state index contributed by atoms with van der Waals surface area (Å²) in [5, 5.41) is 5.56. The lowest BCUT2D eigenvalue weighted by Gasteiger charge is -2.24. The highest BCUT2D eigenvalue weighted by Gasteiger charge is 2.31. The molecule has 1 unspecified atom stereocenters. The van der Waals surface area contributed by atoms with Gasteiger partial charge in [-0.2, -0.15) is 0 Å². The molecule has 0 radical (unpaired) electrons. The van der Waals surface area contributed by atoms with Crippen LogP contribution in [0.2, 0.25) is 0 Å². The van der Waals surface area contributed by atoms with Crippen molar-refractivity contribution in [3.8, 4) is 0 Å². The molecule has 0 aromatic heterocycles. The first-order valence-corrected chi connectivity index (χ1v) is 8.92. The Morgan fingerprint density at radius 2 is 1.81 bits per heavy atom. The summed E-state index contributed by atoms with van der Waals surface area (Å²) in [6.45, 7) is 4.55. The summed E-state index contributed by atoms with van der Waals surface area (Å²) < 4.78 is 5.27. The van der Waals surface area contributed by atoms with Crippen molar-refractivity contribution in [3.05, 3.63) is 65.2 Å². The van der Waals surface area contributed by atoms with Gasteiger partial charge in [-0.1, -0.05) is 44.2 Å². The van der Waals surface area contributed by atoms with Crippen molar-refractivity contribution in [1.29, 1.82) is 0 Å². The molecule has 0 bridgehead atoms. The fourth-order valence-corrected chi connectivity index (χ4v) is 2.87. The minimum Gasteiger partial charge on any atom is -0.448 e. The summed E-state index contributed by atoms with van der Waals surface area (Å²) >= 11 is 0. The van der Waals surface area contributed by atoms with Gasteiger partial charge in [0.1, 0.15) is 0 Å². The Labute approximate surface area is 157 Å². The van der Waals surface area contributed by atoms with Crippen LogP contribution in [-0.4, -0.2) is 30.4 Å². The zero-order chi connectivity index (χ0) is 19.4. The van der Waals surface area contributed by atoms with E-state index in [4.69, 9.17) is 4.74 Å². The second kappa shape index (κ2) is 8.03. The zero-order valence-corrected chi connectivity index (χ0v) is 15.3. The highest BCUT2D eigenvalue weighted by molar-refractivity contribution is 6.05. The lowest BCUT2D eigenvalue weighted by molar-refractivity contribution is -0.125. The average molecular weight is 366 g/mol. The number of amides is 2. The van der Waals surface area contributed by atoms with Crippen molar-refractivity contribution < 1.29 is 19.1 Å². The number of cyclic esters (lactones) is 1. The molecule has 27 heavy (non-hydrogen) atoms. The Bertz CT molecular complexity index is 876. The molecule has 0 saturated heterocycles. The summed E-state index contributed by atoms with van der Waals surface area (Å²) in [6.07, 6.45) is -0.630. The molecule has 140 valence electrons. The van der Waals surface area contributed by atoms with Gasteiger partial charge in [0, 0.05) is 13.0 Å². The molecule has 1 aliphatic rings. The monoisotopic (exact) mass is 366 g/mol. The van der Waals surface area contributed by atoms with Crippen molar-refractivity contribution in [1.82, 2.24) is 5.32 Å². The molecule has 2 aromatic rings. The number of rotatable bonds is 5. The van der Waals surface area contributed by atoms with Gasteiger partial charge < -0.3 is 15.4 Å². The fraction of sp³-hybridized carbons (Fsp3) is 0.286. The Morgan fingerprint density at radius 1 is 1.11 bits per heavy atom. The predicted molar refractivity (Wildman–Crippen MR) is 102 cm³/mol. The molecule has 1 aliphatic heterocycles. The molecule has 0 aliphatic carbocycles. The number of benzene rings is 2. The van der Waals surface area contributed by atoms with Crippen LogP contribution in [0.1, 0.15) is 40.1 Å². The summed E-state index contributed by atoms with van der Waals surface area (Å²) in [7, 11) is 0. The maximum absolute atomic E-state index is 12.6. The predicted octanol–water partition coefficient (Wildman–Crippen LogP) is 2.79. The Kier molecular flexibility index (Phi) is 5.54. The average Bonchev–Trinajstić information content (AvgIpc) is 2.66. The van der Waals surface area contributed by atoms with Gasteiger partial charge in [-0.05, 0) is 29.7 Å².